The number of carboxylic acids is 1. The molecule has 1 saturated heterocycles. The molecule has 0 aliphatic carbocycles. The number of aliphatic hydroxyl groups excluding tert-OH is 2. The fourth-order valence-corrected chi connectivity index (χ4v) is 7.11. The van der Waals surface area contributed by atoms with Gasteiger partial charge in [-0.1, -0.05) is 168 Å². The molecule has 1 fully saturated rings. The molecule has 3 N–H and O–H groups in total. The third-order valence-electron chi connectivity index (χ3n) is 10.8. The SMILES string of the molecule is CCCC/C=C\CCCCCCCC(=O)OCC(COC1OC(C(=O)O)C(O)C(O)C1OC(=O)CCCCCCCCCCC)OC(=O)CCCCCCCCCCC. The lowest BCUT2D eigenvalue weighted by Gasteiger charge is -2.40. The number of allylic oxidation sites excluding steroid dienone is 2. The number of unbranched alkanes of at least 4 members (excludes halogenated alkanes) is 23. The van der Waals surface area contributed by atoms with Gasteiger partial charge in [0.25, 0.3) is 0 Å². The predicted molar refractivity (Wildman–Crippen MR) is 230 cm³/mol. The van der Waals surface area contributed by atoms with Gasteiger partial charge in [-0.05, 0) is 38.5 Å². The van der Waals surface area contributed by atoms with Crippen LogP contribution < -0.4 is 0 Å². The second-order valence-corrected chi connectivity index (χ2v) is 16.4. The van der Waals surface area contributed by atoms with Gasteiger partial charge in [0, 0.05) is 19.3 Å². The van der Waals surface area contributed by atoms with Crippen molar-refractivity contribution in [3.63, 3.8) is 0 Å². The molecule has 12 heteroatoms. The normalized spacial score (nSPS) is 19.8. The first kappa shape index (κ1) is 54.5. The van der Waals surface area contributed by atoms with E-state index in [2.05, 4.69) is 32.9 Å². The fraction of sp³-hybridized carbons (Fsp3) is 0.872. The molecule has 0 radical (unpaired) electrons. The quantitative estimate of drug-likeness (QED) is 0.0232. The van der Waals surface area contributed by atoms with E-state index in [9.17, 15) is 34.5 Å². The lowest BCUT2D eigenvalue weighted by atomic mass is 9.98. The van der Waals surface area contributed by atoms with Gasteiger partial charge < -0.3 is 39.0 Å². The first-order valence-electron chi connectivity index (χ1n) is 23.7. The van der Waals surface area contributed by atoms with E-state index >= 15 is 0 Å². The third-order valence-corrected chi connectivity index (χ3v) is 10.8. The molecule has 0 aromatic heterocycles. The van der Waals surface area contributed by atoms with E-state index < -0.39 is 67.3 Å². The van der Waals surface area contributed by atoms with Crippen molar-refractivity contribution in [1.29, 1.82) is 0 Å². The predicted octanol–water partition coefficient (Wildman–Crippen LogP) is 10.2. The van der Waals surface area contributed by atoms with Crippen molar-refractivity contribution in [3.8, 4) is 0 Å². The highest BCUT2D eigenvalue weighted by atomic mass is 16.7. The number of hydrogen-bond donors (Lipinski definition) is 3. The highest BCUT2D eigenvalue weighted by Crippen LogP contribution is 2.26. The number of carboxylic acid groups (broad SMARTS) is 1. The highest BCUT2D eigenvalue weighted by Gasteiger charge is 2.50. The number of carbonyl (C=O) groups is 4. The van der Waals surface area contributed by atoms with Gasteiger partial charge in [0.05, 0.1) is 6.61 Å². The summed E-state index contributed by atoms with van der Waals surface area (Å²) in [5.41, 5.74) is 0. The van der Waals surface area contributed by atoms with Crippen LogP contribution in [0.3, 0.4) is 0 Å². The van der Waals surface area contributed by atoms with Gasteiger partial charge in [-0.25, -0.2) is 4.79 Å². The average Bonchev–Trinajstić information content (AvgIpc) is 3.21. The zero-order chi connectivity index (χ0) is 43.4. The topological polar surface area (TPSA) is 175 Å². The van der Waals surface area contributed by atoms with Gasteiger partial charge in [0.1, 0.15) is 18.8 Å². The Labute approximate surface area is 356 Å². The maximum atomic E-state index is 12.9. The van der Waals surface area contributed by atoms with Gasteiger partial charge in [-0.3, -0.25) is 14.4 Å². The summed E-state index contributed by atoms with van der Waals surface area (Å²) in [5.74, 6) is -3.12. The Bertz CT molecular complexity index is 1100. The van der Waals surface area contributed by atoms with E-state index in [4.69, 9.17) is 23.7 Å². The molecule has 12 nitrogen and oxygen atoms in total. The lowest BCUT2D eigenvalue weighted by Crippen LogP contribution is -2.61. The molecular weight excluding hydrogens is 757 g/mol. The Kier molecular flexibility index (Phi) is 34.4. The van der Waals surface area contributed by atoms with Crippen LogP contribution >= 0.6 is 0 Å². The summed E-state index contributed by atoms with van der Waals surface area (Å²) >= 11 is 0. The Balaban J connectivity index is 2.77. The summed E-state index contributed by atoms with van der Waals surface area (Å²) < 4.78 is 28.1. The molecule has 0 bridgehead atoms. The minimum atomic E-state index is -1.89. The molecule has 1 aliphatic rings. The molecule has 59 heavy (non-hydrogen) atoms. The van der Waals surface area contributed by atoms with Crippen LogP contribution in [0.15, 0.2) is 12.2 Å². The van der Waals surface area contributed by atoms with Crippen molar-refractivity contribution in [3.05, 3.63) is 12.2 Å². The molecule has 0 spiro atoms. The Morgan fingerprint density at radius 3 is 1.49 bits per heavy atom. The highest BCUT2D eigenvalue weighted by molar-refractivity contribution is 5.74. The minimum Gasteiger partial charge on any atom is -0.479 e. The number of aliphatic hydroxyl groups is 2. The number of aliphatic carboxylic acids is 1. The first-order chi connectivity index (χ1) is 28.6. The van der Waals surface area contributed by atoms with Crippen LogP contribution in [-0.4, -0.2) is 89.2 Å². The summed E-state index contributed by atoms with van der Waals surface area (Å²) in [6.45, 7) is 5.85. The van der Waals surface area contributed by atoms with Gasteiger partial charge >= 0.3 is 23.9 Å². The number of hydrogen-bond acceptors (Lipinski definition) is 11. The van der Waals surface area contributed by atoms with Crippen molar-refractivity contribution < 1.29 is 58.2 Å². The van der Waals surface area contributed by atoms with Crippen molar-refractivity contribution >= 4 is 23.9 Å². The number of ether oxygens (including phenoxy) is 5. The van der Waals surface area contributed by atoms with Crippen LogP contribution in [0, 0.1) is 0 Å². The molecule has 1 heterocycles. The van der Waals surface area contributed by atoms with Gasteiger partial charge in [0.2, 0.25) is 0 Å². The number of carbonyl (C=O) groups excluding carboxylic acids is 3. The Morgan fingerprint density at radius 1 is 0.542 bits per heavy atom. The van der Waals surface area contributed by atoms with Crippen molar-refractivity contribution in [2.75, 3.05) is 13.2 Å². The zero-order valence-electron chi connectivity index (χ0n) is 37.3. The van der Waals surface area contributed by atoms with Crippen LogP contribution in [-0.2, 0) is 42.9 Å². The molecule has 0 saturated carbocycles. The Hall–Kier alpha value is -2.54. The maximum absolute atomic E-state index is 12.9. The number of rotatable bonds is 39. The van der Waals surface area contributed by atoms with E-state index in [-0.39, 0.29) is 25.9 Å². The van der Waals surface area contributed by atoms with Gasteiger partial charge in [0.15, 0.2) is 24.6 Å². The van der Waals surface area contributed by atoms with E-state index in [0.717, 1.165) is 83.5 Å². The molecule has 0 aromatic rings. The van der Waals surface area contributed by atoms with Crippen molar-refractivity contribution in [2.45, 2.75) is 250 Å². The zero-order valence-corrected chi connectivity index (χ0v) is 37.3. The third kappa shape index (κ3) is 28.6. The average molecular weight is 841 g/mol. The monoisotopic (exact) mass is 841 g/mol. The van der Waals surface area contributed by atoms with Gasteiger partial charge in [-0.15, -0.1) is 0 Å². The second-order valence-electron chi connectivity index (χ2n) is 16.4. The lowest BCUT2D eigenvalue weighted by molar-refractivity contribution is -0.301. The summed E-state index contributed by atoms with van der Waals surface area (Å²) in [6, 6.07) is 0. The largest absolute Gasteiger partial charge is 0.479 e. The maximum Gasteiger partial charge on any atom is 0.335 e. The summed E-state index contributed by atoms with van der Waals surface area (Å²) in [4.78, 5) is 50.4. The van der Waals surface area contributed by atoms with Gasteiger partial charge in [-0.2, -0.15) is 0 Å². The fourth-order valence-electron chi connectivity index (χ4n) is 7.11. The van der Waals surface area contributed by atoms with Crippen LogP contribution in [0.1, 0.15) is 213 Å². The Morgan fingerprint density at radius 2 is 0.983 bits per heavy atom. The molecule has 344 valence electrons. The van der Waals surface area contributed by atoms with Crippen molar-refractivity contribution in [2.24, 2.45) is 0 Å². The summed E-state index contributed by atoms with van der Waals surface area (Å²) in [7, 11) is 0. The summed E-state index contributed by atoms with van der Waals surface area (Å²) in [6.07, 6.45) is 23.8. The van der Waals surface area contributed by atoms with Crippen molar-refractivity contribution in [1.82, 2.24) is 0 Å². The van der Waals surface area contributed by atoms with Crippen LogP contribution in [0.5, 0.6) is 0 Å². The van der Waals surface area contributed by atoms with E-state index in [1.54, 1.807) is 0 Å². The molecule has 0 amide bonds. The van der Waals surface area contributed by atoms with E-state index in [1.807, 2.05) is 0 Å². The minimum absolute atomic E-state index is 0.0652. The smallest absolute Gasteiger partial charge is 0.335 e. The van der Waals surface area contributed by atoms with E-state index in [0.29, 0.717) is 19.3 Å². The van der Waals surface area contributed by atoms with Crippen LogP contribution in [0.4, 0.5) is 0 Å². The number of esters is 3. The second kappa shape index (κ2) is 37.2. The molecule has 1 aliphatic heterocycles. The molecule has 6 unspecified atom stereocenters. The first-order valence-corrected chi connectivity index (χ1v) is 23.7. The standard InChI is InChI=1S/C47H84O12/c1-4-7-10-13-16-19-20-23-24-27-30-33-39(48)55-36-38(57-40(49)34-31-28-25-21-17-14-11-8-5-2)37-56-47-45(43(52)42(51)44(59-47)46(53)54)58-41(50)35-32-29-26-22-18-15-12-9-6-3/h13,16,38,42-45,47,51-52H,4-12,14-15,17-37H2,1-3H3,(H,53,54)/b16-13-. The summed E-state index contributed by atoms with van der Waals surface area (Å²) in [5, 5.41) is 31.1. The molecule has 1 rings (SSSR count). The van der Waals surface area contributed by atoms with Crippen LogP contribution in [0.25, 0.3) is 0 Å². The molecule has 6 atom stereocenters. The molecule has 0 aromatic carbocycles. The van der Waals surface area contributed by atoms with Crippen LogP contribution in [0.2, 0.25) is 0 Å². The molecular formula is C47H84O12. The van der Waals surface area contributed by atoms with E-state index in [1.165, 1.54) is 70.6 Å².